The number of alkyl halides is 6. The molecule has 0 bridgehead atoms. The number of nitrogens with zero attached hydrogens (tertiary/aromatic N) is 1. The summed E-state index contributed by atoms with van der Waals surface area (Å²) in [6.45, 7) is 5.05. The van der Waals surface area contributed by atoms with Crippen LogP contribution in [0.25, 0.3) is 10.9 Å². The summed E-state index contributed by atoms with van der Waals surface area (Å²) < 4.78 is 90.5. The van der Waals surface area contributed by atoms with Crippen LogP contribution in [0.1, 0.15) is 43.0 Å². The van der Waals surface area contributed by atoms with Crippen molar-refractivity contribution in [1.82, 2.24) is 9.88 Å². The SMILES string of the molecule is COC(=O)[C@H](Cc1cn(C(=O)OC(C)(C)C)c2ccccc12)NC(=O)Cc1cc(C(F)(F)F)cc(C(F)(F)F)c1. The molecule has 1 heterocycles. The van der Waals surface area contributed by atoms with Gasteiger partial charge in [0, 0.05) is 18.0 Å². The molecule has 7 nitrogen and oxygen atoms in total. The van der Waals surface area contributed by atoms with E-state index in [0.717, 1.165) is 7.11 Å². The summed E-state index contributed by atoms with van der Waals surface area (Å²) in [5.74, 6) is -1.93. The zero-order chi connectivity index (χ0) is 30.0. The summed E-state index contributed by atoms with van der Waals surface area (Å²) in [5.41, 5.74) is -3.61. The zero-order valence-corrected chi connectivity index (χ0v) is 21.9. The monoisotopic (exact) mass is 572 g/mol. The average Bonchev–Trinajstić information content (AvgIpc) is 3.19. The first-order valence-corrected chi connectivity index (χ1v) is 11.9. The van der Waals surface area contributed by atoms with E-state index in [9.17, 15) is 40.7 Å². The van der Waals surface area contributed by atoms with Gasteiger partial charge in [-0.1, -0.05) is 18.2 Å². The molecular weight excluding hydrogens is 546 g/mol. The molecule has 0 aliphatic heterocycles. The van der Waals surface area contributed by atoms with Crippen LogP contribution in [0.15, 0.2) is 48.7 Å². The van der Waals surface area contributed by atoms with Gasteiger partial charge in [-0.05, 0) is 56.2 Å². The predicted molar refractivity (Wildman–Crippen MR) is 131 cm³/mol. The Kier molecular flexibility index (Phi) is 8.56. The second kappa shape index (κ2) is 11.2. The van der Waals surface area contributed by atoms with Crippen LogP contribution in [0.5, 0.6) is 0 Å². The van der Waals surface area contributed by atoms with E-state index >= 15 is 0 Å². The van der Waals surface area contributed by atoms with Gasteiger partial charge in [0.2, 0.25) is 5.91 Å². The second-order valence-electron chi connectivity index (χ2n) is 9.96. The first-order valence-electron chi connectivity index (χ1n) is 11.9. The van der Waals surface area contributed by atoms with E-state index in [-0.39, 0.29) is 12.5 Å². The highest BCUT2D eigenvalue weighted by molar-refractivity contribution is 5.93. The number of carbonyl (C=O) groups is 3. The molecule has 1 aromatic heterocycles. The molecular formula is C27H26F6N2O5. The van der Waals surface area contributed by atoms with E-state index in [4.69, 9.17) is 9.47 Å². The number of esters is 1. The summed E-state index contributed by atoms with van der Waals surface area (Å²) in [5, 5.41) is 2.87. The highest BCUT2D eigenvalue weighted by Gasteiger charge is 2.37. The van der Waals surface area contributed by atoms with Gasteiger partial charge in [0.15, 0.2) is 0 Å². The molecule has 0 saturated carbocycles. The van der Waals surface area contributed by atoms with E-state index in [2.05, 4.69) is 5.32 Å². The Balaban J connectivity index is 1.90. The van der Waals surface area contributed by atoms with Crippen molar-refractivity contribution >= 4 is 28.9 Å². The van der Waals surface area contributed by atoms with Gasteiger partial charge in [0.25, 0.3) is 0 Å². The fourth-order valence-electron chi connectivity index (χ4n) is 3.98. The lowest BCUT2D eigenvalue weighted by Gasteiger charge is -2.19. The van der Waals surface area contributed by atoms with Crippen molar-refractivity contribution < 1.29 is 50.2 Å². The first kappa shape index (κ1) is 30.5. The van der Waals surface area contributed by atoms with Gasteiger partial charge in [-0.25, -0.2) is 9.59 Å². The summed E-state index contributed by atoms with van der Waals surface area (Å²) >= 11 is 0. The summed E-state index contributed by atoms with van der Waals surface area (Å²) in [4.78, 5) is 38.0. The molecule has 2 aromatic carbocycles. The molecule has 3 rings (SSSR count). The minimum atomic E-state index is -5.08. The third kappa shape index (κ3) is 7.54. The number of fused-ring (bicyclic) bond motifs is 1. The summed E-state index contributed by atoms with van der Waals surface area (Å²) in [7, 11) is 1.05. The maximum atomic E-state index is 13.2. The average molecular weight is 573 g/mol. The fraction of sp³-hybridized carbons (Fsp3) is 0.370. The van der Waals surface area contributed by atoms with Crippen LogP contribution in [0.2, 0.25) is 0 Å². The zero-order valence-electron chi connectivity index (χ0n) is 21.9. The molecule has 0 aliphatic carbocycles. The largest absolute Gasteiger partial charge is 0.467 e. The van der Waals surface area contributed by atoms with Gasteiger partial charge in [0.05, 0.1) is 30.2 Å². The Morgan fingerprint density at radius 2 is 1.50 bits per heavy atom. The summed E-state index contributed by atoms with van der Waals surface area (Å²) in [6.07, 6.45) is -10.5. The highest BCUT2D eigenvalue weighted by Crippen LogP contribution is 2.36. The van der Waals surface area contributed by atoms with Crippen LogP contribution in [0.4, 0.5) is 31.1 Å². The normalized spacial score (nSPS) is 13.2. The van der Waals surface area contributed by atoms with Crippen molar-refractivity contribution in [2.75, 3.05) is 7.11 Å². The number of halogens is 6. The number of hydrogen-bond acceptors (Lipinski definition) is 5. The number of aromatic nitrogens is 1. The van der Waals surface area contributed by atoms with Gasteiger partial charge >= 0.3 is 24.4 Å². The van der Waals surface area contributed by atoms with Crippen LogP contribution in [-0.2, 0) is 44.3 Å². The van der Waals surface area contributed by atoms with Gasteiger partial charge in [-0.2, -0.15) is 26.3 Å². The number of amides is 1. The van der Waals surface area contributed by atoms with Crippen molar-refractivity contribution in [3.05, 3.63) is 70.9 Å². The Hall–Kier alpha value is -4.03. The maximum absolute atomic E-state index is 13.2. The molecule has 0 fully saturated rings. The minimum absolute atomic E-state index is 0.0426. The Morgan fingerprint density at radius 3 is 2.02 bits per heavy atom. The molecule has 216 valence electrons. The van der Waals surface area contributed by atoms with Crippen LogP contribution in [0, 0.1) is 0 Å². The molecule has 0 radical (unpaired) electrons. The van der Waals surface area contributed by atoms with E-state index < -0.39 is 65.1 Å². The number of carbonyl (C=O) groups excluding carboxylic acids is 3. The maximum Gasteiger partial charge on any atom is 0.419 e. The number of ether oxygens (including phenoxy) is 2. The number of hydrogen-bond donors (Lipinski definition) is 1. The van der Waals surface area contributed by atoms with Crippen molar-refractivity contribution in [3.8, 4) is 0 Å². The van der Waals surface area contributed by atoms with Crippen molar-refractivity contribution in [1.29, 1.82) is 0 Å². The Bertz CT molecular complexity index is 1390. The molecule has 0 aliphatic rings. The van der Waals surface area contributed by atoms with Gasteiger partial charge in [-0.3, -0.25) is 9.36 Å². The third-order valence-corrected chi connectivity index (χ3v) is 5.64. The third-order valence-electron chi connectivity index (χ3n) is 5.64. The van der Waals surface area contributed by atoms with Crippen LogP contribution in [-0.4, -0.2) is 41.3 Å². The number of para-hydroxylation sites is 1. The second-order valence-corrected chi connectivity index (χ2v) is 9.96. The lowest BCUT2D eigenvalue weighted by Crippen LogP contribution is -2.43. The molecule has 3 aromatic rings. The van der Waals surface area contributed by atoms with Crippen molar-refractivity contribution in [2.45, 2.75) is 57.6 Å². The predicted octanol–water partition coefficient (Wildman–Crippen LogP) is 5.91. The molecule has 13 heteroatoms. The molecule has 0 unspecified atom stereocenters. The molecule has 1 amide bonds. The molecule has 1 N–H and O–H groups in total. The fourth-order valence-corrected chi connectivity index (χ4v) is 3.98. The Morgan fingerprint density at radius 1 is 0.925 bits per heavy atom. The smallest absolute Gasteiger partial charge is 0.419 e. The van der Waals surface area contributed by atoms with Crippen molar-refractivity contribution in [2.24, 2.45) is 0 Å². The molecule has 0 spiro atoms. The van der Waals surface area contributed by atoms with Gasteiger partial charge in [-0.15, -0.1) is 0 Å². The lowest BCUT2D eigenvalue weighted by atomic mass is 10.0. The Labute approximate surface area is 225 Å². The standard InChI is InChI=1S/C27H26F6N2O5/c1-25(2,3)40-24(38)35-14-16(19-7-5-6-8-21(19)35)12-20(23(37)39-4)34-22(36)11-15-9-17(26(28,29)30)13-18(10-15)27(31,32)33/h5-10,13-14,20H,11-12H2,1-4H3,(H,34,36)/t20-/m0/s1. The van der Waals surface area contributed by atoms with E-state index in [1.165, 1.54) is 10.8 Å². The minimum Gasteiger partial charge on any atom is -0.467 e. The van der Waals surface area contributed by atoms with E-state index in [1.54, 1.807) is 45.0 Å². The number of methoxy groups -OCH3 is 1. The van der Waals surface area contributed by atoms with Gasteiger partial charge < -0.3 is 14.8 Å². The van der Waals surface area contributed by atoms with Crippen LogP contribution in [0.3, 0.4) is 0 Å². The summed E-state index contributed by atoms with van der Waals surface area (Å²) in [6, 6.07) is 6.14. The lowest BCUT2D eigenvalue weighted by molar-refractivity contribution is -0.145. The topological polar surface area (TPSA) is 86.6 Å². The number of nitrogens with one attached hydrogen (secondary N) is 1. The quantitative estimate of drug-likeness (QED) is 0.294. The van der Waals surface area contributed by atoms with E-state index in [1.807, 2.05) is 0 Å². The first-order chi connectivity index (χ1) is 18.4. The number of rotatable bonds is 6. The highest BCUT2D eigenvalue weighted by atomic mass is 19.4. The molecule has 0 saturated heterocycles. The van der Waals surface area contributed by atoms with E-state index in [0.29, 0.717) is 28.6 Å². The van der Waals surface area contributed by atoms with Crippen LogP contribution >= 0.6 is 0 Å². The molecule has 40 heavy (non-hydrogen) atoms. The van der Waals surface area contributed by atoms with Crippen LogP contribution < -0.4 is 5.32 Å². The van der Waals surface area contributed by atoms with Crippen molar-refractivity contribution in [3.63, 3.8) is 0 Å². The number of benzene rings is 2. The molecule has 1 atom stereocenters. The van der Waals surface area contributed by atoms with Gasteiger partial charge in [0.1, 0.15) is 11.6 Å².